The highest BCUT2D eigenvalue weighted by molar-refractivity contribution is 6.46. The van der Waals surface area contributed by atoms with Crippen molar-refractivity contribution in [1.29, 1.82) is 0 Å². The van der Waals surface area contributed by atoms with E-state index in [1.54, 1.807) is 36.7 Å². The molecule has 0 spiro atoms. The Morgan fingerprint density at radius 3 is 2.56 bits per heavy atom. The highest BCUT2D eigenvalue weighted by atomic mass is 35.5. The van der Waals surface area contributed by atoms with Crippen LogP contribution >= 0.6 is 11.6 Å². The van der Waals surface area contributed by atoms with Crippen LogP contribution in [0, 0.1) is 0 Å². The Hall–Kier alpha value is -2.86. The summed E-state index contributed by atoms with van der Waals surface area (Å²) in [6.45, 7) is 2.32. The first-order chi connectivity index (χ1) is 13.0. The predicted octanol–water partition coefficient (Wildman–Crippen LogP) is 3.58. The van der Waals surface area contributed by atoms with Crippen LogP contribution in [-0.4, -0.2) is 40.3 Å². The van der Waals surface area contributed by atoms with Crippen LogP contribution in [0.15, 0.2) is 48.3 Å². The fourth-order valence-electron chi connectivity index (χ4n) is 3.21. The number of ketones is 1. The Labute approximate surface area is 162 Å². The average molecular weight is 387 g/mol. The summed E-state index contributed by atoms with van der Waals surface area (Å²) < 4.78 is 5.12. The third kappa shape index (κ3) is 3.40. The topological polar surface area (TPSA) is 79.7 Å². The van der Waals surface area contributed by atoms with Crippen LogP contribution < -0.4 is 4.74 Å². The molecule has 0 bridgehead atoms. The molecule has 2 heterocycles. The van der Waals surface area contributed by atoms with Gasteiger partial charge in [-0.05, 0) is 42.3 Å². The van der Waals surface area contributed by atoms with Gasteiger partial charge in [-0.15, -0.1) is 0 Å². The van der Waals surface area contributed by atoms with Crippen molar-refractivity contribution in [3.63, 3.8) is 0 Å². The van der Waals surface area contributed by atoms with Gasteiger partial charge >= 0.3 is 0 Å². The van der Waals surface area contributed by atoms with E-state index in [0.29, 0.717) is 34.9 Å². The molecule has 3 rings (SSSR count). The zero-order chi connectivity index (χ0) is 19.6. The number of nitrogens with zero attached hydrogens (tertiary/aromatic N) is 2. The molecule has 1 amide bonds. The summed E-state index contributed by atoms with van der Waals surface area (Å²) in [7, 11) is 1.49. The van der Waals surface area contributed by atoms with Gasteiger partial charge in [-0.2, -0.15) is 0 Å². The van der Waals surface area contributed by atoms with E-state index >= 15 is 0 Å². The monoisotopic (exact) mass is 386 g/mol. The summed E-state index contributed by atoms with van der Waals surface area (Å²) >= 11 is 6.15. The molecule has 1 saturated heterocycles. The lowest BCUT2D eigenvalue weighted by Gasteiger charge is -2.24. The van der Waals surface area contributed by atoms with Gasteiger partial charge in [0.05, 0.1) is 23.7 Å². The Kier molecular flexibility index (Phi) is 5.46. The number of benzene rings is 1. The number of carbonyl (C=O) groups is 2. The normalized spacial score (nSPS) is 18.8. The summed E-state index contributed by atoms with van der Waals surface area (Å²) in [6.07, 6.45) is 3.86. The maximum absolute atomic E-state index is 12.7. The first-order valence-electron chi connectivity index (χ1n) is 8.51. The first kappa shape index (κ1) is 18.9. The fraction of sp³-hybridized carbons (Fsp3) is 0.250. The molecule has 0 radical (unpaired) electrons. The van der Waals surface area contributed by atoms with Crippen LogP contribution in [0.5, 0.6) is 5.75 Å². The number of hydrogen-bond donors (Lipinski definition) is 1. The van der Waals surface area contributed by atoms with Crippen molar-refractivity contribution in [2.75, 3.05) is 13.7 Å². The van der Waals surface area contributed by atoms with E-state index in [1.807, 2.05) is 6.92 Å². The summed E-state index contributed by atoms with van der Waals surface area (Å²) in [5.74, 6) is -1.15. The van der Waals surface area contributed by atoms with Gasteiger partial charge in [0.2, 0.25) is 0 Å². The van der Waals surface area contributed by atoms with E-state index in [2.05, 4.69) is 4.98 Å². The van der Waals surface area contributed by atoms with Gasteiger partial charge in [0.25, 0.3) is 11.7 Å². The van der Waals surface area contributed by atoms with E-state index in [4.69, 9.17) is 16.3 Å². The quantitative estimate of drug-likeness (QED) is 0.482. The van der Waals surface area contributed by atoms with Crippen molar-refractivity contribution in [3.8, 4) is 5.75 Å². The SMILES string of the molecule is CCCN1C(=O)C(=O)/C(=C(\O)c2ccc(OC)c(Cl)c2)C1c1ccncc1. The molecule has 1 aromatic carbocycles. The number of likely N-dealkylation sites (tertiary alicyclic amines) is 1. The fourth-order valence-corrected chi connectivity index (χ4v) is 3.47. The second kappa shape index (κ2) is 7.80. The van der Waals surface area contributed by atoms with Gasteiger partial charge in [0, 0.05) is 24.5 Å². The molecule has 1 fully saturated rings. The Balaban J connectivity index is 2.17. The zero-order valence-electron chi connectivity index (χ0n) is 15.0. The van der Waals surface area contributed by atoms with E-state index in [1.165, 1.54) is 18.1 Å². The van der Waals surface area contributed by atoms with Crippen LogP contribution in [0.4, 0.5) is 0 Å². The highest BCUT2D eigenvalue weighted by Crippen LogP contribution is 2.40. The van der Waals surface area contributed by atoms with Gasteiger partial charge in [-0.3, -0.25) is 14.6 Å². The molecule has 6 nitrogen and oxygen atoms in total. The number of ether oxygens (including phenoxy) is 1. The largest absolute Gasteiger partial charge is 0.507 e. The Morgan fingerprint density at radius 2 is 1.96 bits per heavy atom. The third-order valence-corrected chi connectivity index (χ3v) is 4.75. The van der Waals surface area contributed by atoms with Crippen LogP contribution in [0.2, 0.25) is 5.02 Å². The van der Waals surface area contributed by atoms with E-state index < -0.39 is 17.7 Å². The number of Topliss-reactive ketones (excluding diaryl/α,β-unsaturated/α-hetero) is 1. The lowest BCUT2D eigenvalue weighted by molar-refractivity contribution is -0.139. The number of aliphatic hydroxyl groups is 1. The molecule has 7 heteroatoms. The second-order valence-corrected chi connectivity index (χ2v) is 6.53. The number of carbonyl (C=O) groups excluding carboxylic acids is 2. The second-order valence-electron chi connectivity index (χ2n) is 6.12. The van der Waals surface area contributed by atoms with Crippen LogP contribution in [-0.2, 0) is 9.59 Å². The van der Waals surface area contributed by atoms with Crippen LogP contribution in [0.1, 0.15) is 30.5 Å². The Bertz CT molecular complexity index is 911. The number of methoxy groups -OCH3 is 1. The van der Waals surface area contributed by atoms with Gasteiger partial charge in [-0.25, -0.2) is 0 Å². The van der Waals surface area contributed by atoms with Crippen molar-refractivity contribution in [2.45, 2.75) is 19.4 Å². The van der Waals surface area contributed by atoms with Gasteiger partial charge in [-0.1, -0.05) is 18.5 Å². The van der Waals surface area contributed by atoms with Crippen molar-refractivity contribution >= 4 is 29.1 Å². The molecule has 0 aliphatic carbocycles. The number of hydrogen-bond acceptors (Lipinski definition) is 5. The third-order valence-electron chi connectivity index (χ3n) is 4.45. The van der Waals surface area contributed by atoms with Crippen LogP contribution in [0.25, 0.3) is 5.76 Å². The number of aromatic nitrogens is 1. The standard InChI is InChI=1S/C20H19ClN2O4/c1-3-10-23-17(12-6-8-22-9-7-12)16(19(25)20(23)26)18(24)13-4-5-15(27-2)14(21)11-13/h4-9,11,17,24H,3,10H2,1-2H3/b18-16-. The molecular formula is C20H19ClN2O4. The maximum Gasteiger partial charge on any atom is 0.295 e. The van der Waals surface area contributed by atoms with E-state index in [9.17, 15) is 14.7 Å². The summed E-state index contributed by atoms with van der Waals surface area (Å²) in [5.41, 5.74) is 1.09. The Morgan fingerprint density at radius 1 is 1.26 bits per heavy atom. The van der Waals surface area contributed by atoms with Crippen molar-refractivity contribution in [3.05, 3.63) is 64.4 Å². The molecule has 1 aliphatic rings. The molecule has 0 saturated carbocycles. The molecule has 1 atom stereocenters. The number of rotatable bonds is 5. The van der Waals surface area contributed by atoms with Crippen molar-refractivity contribution < 1.29 is 19.4 Å². The maximum atomic E-state index is 12.7. The minimum Gasteiger partial charge on any atom is -0.507 e. The van der Waals surface area contributed by atoms with Gasteiger partial charge < -0.3 is 14.7 Å². The number of amides is 1. The van der Waals surface area contributed by atoms with E-state index in [0.717, 1.165) is 0 Å². The minimum absolute atomic E-state index is 0.0425. The van der Waals surface area contributed by atoms with Gasteiger partial charge in [0.1, 0.15) is 11.5 Å². The number of pyridine rings is 1. The summed E-state index contributed by atoms with van der Waals surface area (Å²) in [6, 6.07) is 7.49. The molecule has 2 aromatic rings. The predicted molar refractivity (Wildman–Crippen MR) is 102 cm³/mol. The molecule has 1 N–H and O–H groups in total. The van der Waals surface area contributed by atoms with Crippen LogP contribution in [0.3, 0.4) is 0 Å². The smallest absolute Gasteiger partial charge is 0.295 e. The zero-order valence-corrected chi connectivity index (χ0v) is 15.7. The van der Waals surface area contributed by atoms with Gasteiger partial charge in [0.15, 0.2) is 0 Å². The van der Waals surface area contributed by atoms with E-state index in [-0.39, 0.29) is 11.3 Å². The molecule has 1 aliphatic heterocycles. The molecule has 140 valence electrons. The van der Waals surface area contributed by atoms with Crippen molar-refractivity contribution in [2.24, 2.45) is 0 Å². The molecular weight excluding hydrogens is 368 g/mol. The lowest BCUT2D eigenvalue weighted by Crippen LogP contribution is -2.30. The number of aliphatic hydroxyl groups excluding tert-OH is 1. The summed E-state index contributed by atoms with van der Waals surface area (Å²) in [4.78, 5) is 30.7. The number of halogens is 1. The molecule has 1 unspecified atom stereocenters. The minimum atomic E-state index is -0.713. The lowest BCUT2D eigenvalue weighted by atomic mass is 9.96. The highest BCUT2D eigenvalue weighted by Gasteiger charge is 2.45. The average Bonchev–Trinajstić information content (AvgIpc) is 2.93. The first-order valence-corrected chi connectivity index (χ1v) is 8.89. The van der Waals surface area contributed by atoms with Crippen molar-refractivity contribution in [1.82, 2.24) is 9.88 Å². The molecule has 27 heavy (non-hydrogen) atoms. The summed E-state index contributed by atoms with van der Waals surface area (Å²) in [5, 5.41) is 11.2. The molecule has 1 aromatic heterocycles.